The van der Waals surface area contributed by atoms with E-state index in [1.54, 1.807) is 0 Å². The maximum Gasteiger partial charge on any atom is 0.0704 e. The minimum absolute atomic E-state index is 0.393. The quantitative estimate of drug-likeness (QED) is 0.337. The van der Waals surface area contributed by atoms with Crippen LogP contribution < -0.4 is 0 Å². The molecule has 0 bridgehead atoms. The van der Waals surface area contributed by atoms with Crippen molar-refractivity contribution < 1.29 is 9.47 Å². The summed E-state index contributed by atoms with van der Waals surface area (Å²) in [7, 11) is 0. The summed E-state index contributed by atoms with van der Waals surface area (Å²) in [5.41, 5.74) is 0. The van der Waals surface area contributed by atoms with Gasteiger partial charge in [-0.25, -0.2) is 0 Å². The molecule has 1 atom stereocenters. The van der Waals surface area contributed by atoms with Crippen LogP contribution in [0.4, 0.5) is 0 Å². The van der Waals surface area contributed by atoms with Crippen molar-refractivity contribution in [1.82, 2.24) is 0 Å². The zero-order valence-corrected chi connectivity index (χ0v) is 14.3. The van der Waals surface area contributed by atoms with Crippen molar-refractivity contribution in [2.75, 3.05) is 19.8 Å². The van der Waals surface area contributed by atoms with Gasteiger partial charge in [0.1, 0.15) is 0 Å². The molecule has 0 aromatic heterocycles. The lowest BCUT2D eigenvalue weighted by molar-refractivity contribution is 0.00756. The summed E-state index contributed by atoms with van der Waals surface area (Å²) in [6, 6.07) is 0. The molecule has 0 radical (unpaired) electrons. The Balaban J connectivity index is 3.10. The van der Waals surface area contributed by atoms with Crippen molar-refractivity contribution >= 4 is 0 Å². The SMILES string of the molecule is CCCCCCCCC(C)OCCOCCCCCC. The zero-order valence-electron chi connectivity index (χ0n) is 14.3. The molecule has 0 aliphatic carbocycles. The second-order valence-electron chi connectivity index (χ2n) is 5.91. The molecule has 0 aromatic rings. The minimum Gasteiger partial charge on any atom is -0.379 e. The Labute approximate surface area is 127 Å². The van der Waals surface area contributed by atoms with Gasteiger partial charge in [-0.05, 0) is 19.8 Å². The Bertz CT molecular complexity index is 171. The summed E-state index contributed by atoms with van der Waals surface area (Å²) in [4.78, 5) is 0. The largest absolute Gasteiger partial charge is 0.379 e. The fourth-order valence-electron chi connectivity index (χ4n) is 2.34. The Morgan fingerprint density at radius 1 is 0.650 bits per heavy atom. The van der Waals surface area contributed by atoms with E-state index >= 15 is 0 Å². The Morgan fingerprint density at radius 2 is 1.25 bits per heavy atom. The second-order valence-corrected chi connectivity index (χ2v) is 5.91. The fraction of sp³-hybridized carbons (Fsp3) is 1.00. The number of rotatable bonds is 16. The van der Waals surface area contributed by atoms with Crippen molar-refractivity contribution in [1.29, 1.82) is 0 Å². The summed E-state index contributed by atoms with van der Waals surface area (Å²) >= 11 is 0. The molecule has 1 unspecified atom stereocenters. The molecule has 0 amide bonds. The van der Waals surface area contributed by atoms with E-state index < -0.39 is 0 Å². The standard InChI is InChI=1S/C18H38O2/c1-4-6-8-10-11-12-14-18(3)20-17-16-19-15-13-9-7-5-2/h18H,4-17H2,1-3H3. The maximum atomic E-state index is 5.77. The van der Waals surface area contributed by atoms with Crippen LogP contribution in [0.15, 0.2) is 0 Å². The zero-order chi connectivity index (χ0) is 14.9. The highest BCUT2D eigenvalue weighted by Crippen LogP contribution is 2.10. The Kier molecular flexibility index (Phi) is 16.9. The average Bonchev–Trinajstić information content (AvgIpc) is 2.45. The van der Waals surface area contributed by atoms with E-state index in [1.165, 1.54) is 70.6 Å². The van der Waals surface area contributed by atoms with Crippen LogP contribution >= 0.6 is 0 Å². The van der Waals surface area contributed by atoms with Gasteiger partial charge in [0.15, 0.2) is 0 Å². The van der Waals surface area contributed by atoms with Gasteiger partial charge in [0.2, 0.25) is 0 Å². The molecule has 0 N–H and O–H groups in total. The molecule has 0 heterocycles. The average molecular weight is 286 g/mol. The lowest BCUT2D eigenvalue weighted by atomic mass is 10.1. The van der Waals surface area contributed by atoms with Crippen molar-refractivity contribution in [2.24, 2.45) is 0 Å². The van der Waals surface area contributed by atoms with Gasteiger partial charge in [-0.1, -0.05) is 71.6 Å². The molecular formula is C18H38O2. The molecule has 0 aromatic carbocycles. The van der Waals surface area contributed by atoms with E-state index in [0.717, 1.165) is 19.8 Å². The number of hydrogen-bond acceptors (Lipinski definition) is 2. The first-order valence-electron chi connectivity index (χ1n) is 9.00. The number of unbranched alkanes of at least 4 members (excludes halogenated alkanes) is 8. The van der Waals surface area contributed by atoms with Crippen LogP contribution in [0.1, 0.15) is 91.4 Å². The molecule has 0 saturated heterocycles. The van der Waals surface area contributed by atoms with Crippen LogP contribution in [0.5, 0.6) is 0 Å². The van der Waals surface area contributed by atoms with Crippen molar-refractivity contribution in [3.63, 3.8) is 0 Å². The molecule has 2 nitrogen and oxygen atoms in total. The highest BCUT2D eigenvalue weighted by atomic mass is 16.5. The van der Waals surface area contributed by atoms with Crippen LogP contribution in [0.3, 0.4) is 0 Å². The van der Waals surface area contributed by atoms with Gasteiger partial charge >= 0.3 is 0 Å². The molecule has 0 fully saturated rings. The van der Waals surface area contributed by atoms with Crippen LogP contribution in [0.25, 0.3) is 0 Å². The molecule has 0 aliphatic heterocycles. The van der Waals surface area contributed by atoms with Crippen molar-refractivity contribution in [3.8, 4) is 0 Å². The van der Waals surface area contributed by atoms with E-state index in [0.29, 0.717) is 6.10 Å². The number of hydrogen-bond donors (Lipinski definition) is 0. The first kappa shape index (κ1) is 19.9. The fourth-order valence-corrected chi connectivity index (χ4v) is 2.34. The van der Waals surface area contributed by atoms with Gasteiger partial charge in [0, 0.05) is 6.61 Å². The van der Waals surface area contributed by atoms with Crippen LogP contribution in [-0.2, 0) is 9.47 Å². The second kappa shape index (κ2) is 17.0. The molecule has 122 valence electrons. The Hall–Kier alpha value is -0.0800. The van der Waals surface area contributed by atoms with Gasteiger partial charge in [-0.15, -0.1) is 0 Å². The Morgan fingerprint density at radius 3 is 1.95 bits per heavy atom. The van der Waals surface area contributed by atoms with E-state index in [1.807, 2.05) is 0 Å². The van der Waals surface area contributed by atoms with Gasteiger partial charge < -0.3 is 9.47 Å². The van der Waals surface area contributed by atoms with E-state index in [9.17, 15) is 0 Å². The summed E-state index contributed by atoms with van der Waals surface area (Å²) in [5, 5.41) is 0. The predicted molar refractivity (Wildman–Crippen MR) is 88.4 cm³/mol. The summed E-state index contributed by atoms with van der Waals surface area (Å²) in [6.07, 6.45) is 14.9. The van der Waals surface area contributed by atoms with Gasteiger partial charge in [0.25, 0.3) is 0 Å². The molecule has 0 saturated carbocycles. The lowest BCUT2D eigenvalue weighted by Crippen LogP contribution is -2.13. The van der Waals surface area contributed by atoms with Crippen LogP contribution in [0, 0.1) is 0 Å². The third-order valence-corrected chi connectivity index (χ3v) is 3.74. The van der Waals surface area contributed by atoms with E-state index in [2.05, 4.69) is 20.8 Å². The van der Waals surface area contributed by atoms with Crippen molar-refractivity contribution in [2.45, 2.75) is 97.5 Å². The van der Waals surface area contributed by atoms with Gasteiger partial charge in [0.05, 0.1) is 19.3 Å². The van der Waals surface area contributed by atoms with Crippen LogP contribution in [0.2, 0.25) is 0 Å². The first-order valence-corrected chi connectivity index (χ1v) is 9.00. The van der Waals surface area contributed by atoms with Gasteiger partial charge in [-0.2, -0.15) is 0 Å². The normalized spacial score (nSPS) is 12.8. The summed E-state index contributed by atoms with van der Waals surface area (Å²) in [6.45, 7) is 9.10. The third kappa shape index (κ3) is 16.0. The van der Waals surface area contributed by atoms with Crippen molar-refractivity contribution in [3.05, 3.63) is 0 Å². The van der Waals surface area contributed by atoms with Gasteiger partial charge in [-0.3, -0.25) is 0 Å². The summed E-state index contributed by atoms with van der Waals surface area (Å²) in [5.74, 6) is 0. The number of ether oxygens (including phenoxy) is 2. The van der Waals surface area contributed by atoms with E-state index in [4.69, 9.17) is 9.47 Å². The van der Waals surface area contributed by atoms with E-state index in [-0.39, 0.29) is 0 Å². The minimum atomic E-state index is 0.393. The topological polar surface area (TPSA) is 18.5 Å². The molecular weight excluding hydrogens is 248 g/mol. The highest BCUT2D eigenvalue weighted by molar-refractivity contribution is 4.52. The smallest absolute Gasteiger partial charge is 0.0704 e. The molecule has 20 heavy (non-hydrogen) atoms. The summed E-state index contributed by atoms with van der Waals surface area (Å²) < 4.78 is 11.3. The predicted octanol–water partition coefficient (Wildman–Crippen LogP) is 5.74. The molecule has 2 heteroatoms. The third-order valence-electron chi connectivity index (χ3n) is 3.74. The molecule has 0 rings (SSSR count). The monoisotopic (exact) mass is 286 g/mol. The first-order chi connectivity index (χ1) is 9.81. The molecule has 0 spiro atoms. The molecule has 0 aliphatic rings. The maximum absolute atomic E-state index is 5.77. The lowest BCUT2D eigenvalue weighted by Gasteiger charge is -2.13. The highest BCUT2D eigenvalue weighted by Gasteiger charge is 2.01. The van der Waals surface area contributed by atoms with Crippen LogP contribution in [-0.4, -0.2) is 25.9 Å².